The van der Waals surface area contributed by atoms with E-state index < -0.39 is 5.25 Å². The molecule has 1 aliphatic heterocycles. The van der Waals surface area contributed by atoms with E-state index in [0.29, 0.717) is 27.9 Å². The van der Waals surface area contributed by atoms with Crippen molar-refractivity contribution in [3.05, 3.63) is 84.9 Å². The molecule has 0 saturated heterocycles. The van der Waals surface area contributed by atoms with E-state index in [9.17, 15) is 9.59 Å². The van der Waals surface area contributed by atoms with E-state index in [-0.39, 0.29) is 18.4 Å². The first-order valence-electron chi connectivity index (χ1n) is 10.8. The third kappa shape index (κ3) is 4.40. The lowest BCUT2D eigenvalue weighted by molar-refractivity contribution is -0.121. The number of nitrogens with zero attached hydrogens (tertiary/aromatic N) is 4. The van der Waals surface area contributed by atoms with Crippen LogP contribution in [-0.4, -0.2) is 38.8 Å². The smallest absolute Gasteiger partial charge is 0.244 e. The van der Waals surface area contributed by atoms with Gasteiger partial charge in [0.25, 0.3) is 0 Å². The molecular formula is C26H21N5O2S. The van der Waals surface area contributed by atoms with Crippen LogP contribution in [0.15, 0.2) is 90.1 Å². The zero-order valence-electron chi connectivity index (χ0n) is 18.4. The summed E-state index contributed by atoms with van der Waals surface area (Å²) in [7, 11) is 0. The van der Waals surface area contributed by atoms with E-state index in [0.717, 1.165) is 11.1 Å². The molecule has 1 atom stereocenters. The number of thioether (sulfide) groups is 1. The molecule has 0 radical (unpaired) electrons. The first kappa shape index (κ1) is 21.8. The fourth-order valence-corrected chi connectivity index (χ4v) is 4.58. The number of nitrogens with one attached hydrogen (secondary N) is 1. The summed E-state index contributed by atoms with van der Waals surface area (Å²) < 4.78 is 0. The topological polar surface area (TPSA) is 88.1 Å². The van der Waals surface area contributed by atoms with Gasteiger partial charge in [-0.2, -0.15) is 0 Å². The van der Waals surface area contributed by atoms with Gasteiger partial charge in [0, 0.05) is 11.1 Å². The molecule has 2 amide bonds. The predicted molar refractivity (Wildman–Crippen MR) is 133 cm³/mol. The van der Waals surface area contributed by atoms with Crippen molar-refractivity contribution in [1.29, 1.82) is 0 Å². The second kappa shape index (κ2) is 9.44. The van der Waals surface area contributed by atoms with Crippen molar-refractivity contribution in [2.45, 2.75) is 17.3 Å². The largest absolute Gasteiger partial charge is 0.323 e. The van der Waals surface area contributed by atoms with Gasteiger partial charge in [-0.1, -0.05) is 84.6 Å². The average Bonchev–Trinajstić information content (AvgIpc) is 2.88. The van der Waals surface area contributed by atoms with Crippen molar-refractivity contribution in [2.75, 3.05) is 16.8 Å². The van der Waals surface area contributed by atoms with Gasteiger partial charge in [0.15, 0.2) is 0 Å². The van der Waals surface area contributed by atoms with Gasteiger partial charge in [-0.15, -0.1) is 10.2 Å². The molecule has 0 saturated carbocycles. The Hall–Kier alpha value is -4.04. The predicted octanol–water partition coefficient (Wildman–Crippen LogP) is 4.67. The molecule has 0 unspecified atom stereocenters. The molecule has 8 heteroatoms. The number of hydrogen-bond acceptors (Lipinski definition) is 6. The Morgan fingerprint density at radius 3 is 2.21 bits per heavy atom. The molecule has 4 aromatic rings. The highest BCUT2D eigenvalue weighted by Gasteiger charge is 2.30. The van der Waals surface area contributed by atoms with Gasteiger partial charge in [-0.3, -0.25) is 14.5 Å². The molecule has 34 heavy (non-hydrogen) atoms. The van der Waals surface area contributed by atoms with Crippen molar-refractivity contribution < 1.29 is 9.59 Å². The van der Waals surface area contributed by atoms with Crippen LogP contribution in [0.4, 0.5) is 11.4 Å². The van der Waals surface area contributed by atoms with E-state index in [1.54, 1.807) is 13.0 Å². The highest BCUT2D eigenvalue weighted by Crippen LogP contribution is 2.33. The highest BCUT2D eigenvalue weighted by molar-refractivity contribution is 8.00. The second-order valence-corrected chi connectivity index (χ2v) is 9.08. The Morgan fingerprint density at radius 2 is 1.50 bits per heavy atom. The van der Waals surface area contributed by atoms with Crippen LogP contribution >= 0.6 is 11.8 Å². The lowest BCUT2D eigenvalue weighted by Gasteiger charge is -2.30. The van der Waals surface area contributed by atoms with Crippen LogP contribution in [0, 0.1) is 0 Å². The molecule has 1 aliphatic rings. The van der Waals surface area contributed by atoms with Gasteiger partial charge in [0.2, 0.25) is 17.0 Å². The Labute approximate surface area is 201 Å². The van der Waals surface area contributed by atoms with Crippen molar-refractivity contribution >= 4 is 35.0 Å². The number of benzene rings is 3. The third-order valence-corrected chi connectivity index (χ3v) is 6.37. The Kier molecular flexibility index (Phi) is 6.05. The summed E-state index contributed by atoms with van der Waals surface area (Å²) in [5.41, 5.74) is 4.52. The standard InChI is InChI=1S/C26H21N5O2S/c1-17(25(33)31-16-22(32)27-20-14-8-9-15-21(20)31)34-26-28-23(18-10-4-2-5-11-18)24(29-30-26)19-12-6-3-7-13-19/h2-15,17H,16H2,1H3,(H,27,32)/t17-/m0/s1. The first-order chi connectivity index (χ1) is 16.6. The molecule has 7 nitrogen and oxygen atoms in total. The van der Waals surface area contributed by atoms with Gasteiger partial charge in [0.1, 0.15) is 17.9 Å². The number of carbonyl (C=O) groups is 2. The number of aromatic nitrogens is 3. The summed E-state index contributed by atoms with van der Waals surface area (Å²) in [4.78, 5) is 31.7. The van der Waals surface area contributed by atoms with Gasteiger partial charge in [0.05, 0.1) is 16.6 Å². The Balaban J connectivity index is 1.45. The number of fused-ring (bicyclic) bond motifs is 1. The number of rotatable bonds is 5. The summed E-state index contributed by atoms with van der Waals surface area (Å²) in [6, 6.07) is 26.8. The Morgan fingerprint density at radius 1 is 0.882 bits per heavy atom. The normalized spacial score (nSPS) is 13.7. The number of carbonyl (C=O) groups excluding carboxylic acids is 2. The summed E-state index contributed by atoms with van der Waals surface area (Å²) in [5.74, 6) is -0.412. The summed E-state index contributed by atoms with van der Waals surface area (Å²) in [6.45, 7) is 1.76. The molecule has 0 bridgehead atoms. The number of hydrogen-bond donors (Lipinski definition) is 1. The van der Waals surface area contributed by atoms with Crippen LogP contribution < -0.4 is 10.2 Å². The van der Waals surface area contributed by atoms with E-state index in [2.05, 4.69) is 15.5 Å². The summed E-state index contributed by atoms with van der Waals surface area (Å²) >= 11 is 1.23. The zero-order chi connectivity index (χ0) is 23.5. The van der Waals surface area contributed by atoms with Crippen LogP contribution in [-0.2, 0) is 9.59 Å². The molecule has 168 valence electrons. The van der Waals surface area contributed by atoms with Gasteiger partial charge in [-0.05, 0) is 19.1 Å². The fraction of sp³-hybridized carbons (Fsp3) is 0.115. The first-order valence-corrected chi connectivity index (χ1v) is 11.7. The lowest BCUT2D eigenvalue weighted by atomic mass is 10.0. The number of anilines is 2. The van der Waals surface area contributed by atoms with E-state index in [1.807, 2.05) is 78.9 Å². The lowest BCUT2D eigenvalue weighted by Crippen LogP contribution is -2.45. The van der Waals surface area contributed by atoms with Gasteiger partial charge >= 0.3 is 0 Å². The third-order valence-electron chi connectivity index (χ3n) is 5.43. The maximum atomic E-state index is 13.3. The zero-order valence-corrected chi connectivity index (χ0v) is 19.2. The van der Waals surface area contributed by atoms with Crippen LogP contribution in [0.1, 0.15) is 6.92 Å². The maximum absolute atomic E-state index is 13.3. The molecular weight excluding hydrogens is 446 g/mol. The van der Waals surface area contributed by atoms with Crippen molar-refractivity contribution in [3.63, 3.8) is 0 Å². The molecule has 0 spiro atoms. The molecule has 1 aromatic heterocycles. The average molecular weight is 468 g/mol. The molecule has 0 aliphatic carbocycles. The SMILES string of the molecule is C[C@H](Sc1nnc(-c2ccccc2)c(-c2ccccc2)n1)C(=O)N1CC(=O)Nc2ccccc21. The van der Waals surface area contributed by atoms with Gasteiger partial charge < -0.3 is 5.32 Å². The van der Waals surface area contributed by atoms with Crippen LogP contribution in [0.25, 0.3) is 22.5 Å². The van der Waals surface area contributed by atoms with Crippen LogP contribution in [0.5, 0.6) is 0 Å². The molecule has 0 fully saturated rings. The van der Waals surface area contributed by atoms with E-state index in [1.165, 1.54) is 16.7 Å². The van der Waals surface area contributed by atoms with E-state index in [4.69, 9.17) is 4.98 Å². The quantitative estimate of drug-likeness (QED) is 0.429. The minimum atomic E-state index is -0.521. The molecule has 2 heterocycles. The fourth-order valence-electron chi connectivity index (χ4n) is 3.81. The van der Waals surface area contributed by atoms with E-state index >= 15 is 0 Å². The molecule has 3 aromatic carbocycles. The van der Waals surface area contributed by atoms with Crippen molar-refractivity contribution in [3.8, 4) is 22.5 Å². The molecule has 1 N–H and O–H groups in total. The minimum absolute atomic E-state index is 0.0257. The van der Waals surface area contributed by atoms with Crippen molar-refractivity contribution in [1.82, 2.24) is 15.2 Å². The number of amides is 2. The van der Waals surface area contributed by atoms with Crippen molar-refractivity contribution in [2.24, 2.45) is 0 Å². The monoisotopic (exact) mass is 467 g/mol. The maximum Gasteiger partial charge on any atom is 0.244 e. The van der Waals surface area contributed by atoms with Crippen LogP contribution in [0.2, 0.25) is 0 Å². The number of para-hydroxylation sites is 2. The summed E-state index contributed by atoms with van der Waals surface area (Å²) in [6.07, 6.45) is 0. The summed E-state index contributed by atoms with van der Waals surface area (Å²) in [5, 5.41) is 11.5. The minimum Gasteiger partial charge on any atom is -0.323 e. The van der Waals surface area contributed by atoms with Crippen LogP contribution in [0.3, 0.4) is 0 Å². The Bertz CT molecular complexity index is 1350. The van der Waals surface area contributed by atoms with Gasteiger partial charge in [-0.25, -0.2) is 4.98 Å². The highest BCUT2D eigenvalue weighted by atomic mass is 32.2. The molecule has 5 rings (SSSR count). The second-order valence-electron chi connectivity index (χ2n) is 7.77.